The maximum absolute atomic E-state index is 11.7. The van der Waals surface area contributed by atoms with Crippen LogP contribution in [0.4, 0.5) is 0 Å². The van der Waals surface area contributed by atoms with Crippen molar-refractivity contribution in [1.82, 2.24) is 4.98 Å². The third kappa shape index (κ3) is 1.63. The Balaban J connectivity index is 2.99. The van der Waals surface area contributed by atoms with Crippen molar-refractivity contribution in [3.63, 3.8) is 0 Å². The van der Waals surface area contributed by atoms with Crippen LogP contribution in [0.2, 0.25) is 0 Å². The maximum atomic E-state index is 11.7. The molecule has 1 aromatic carbocycles. The molecule has 0 unspecified atom stereocenters. The number of aromatic nitrogens is 1. The molecule has 0 fully saturated rings. The van der Waals surface area contributed by atoms with E-state index in [1.54, 1.807) is 18.2 Å². The average Bonchev–Trinajstić information content (AvgIpc) is 2.26. The molecule has 0 amide bonds. The number of halogens is 1. The zero-order chi connectivity index (χ0) is 11.7. The van der Waals surface area contributed by atoms with E-state index in [1.807, 2.05) is 13.0 Å². The van der Waals surface area contributed by atoms with Gasteiger partial charge in [-0.3, -0.25) is 9.59 Å². The van der Waals surface area contributed by atoms with Crippen LogP contribution in [-0.4, -0.2) is 10.2 Å². The topological polar surface area (TPSA) is 49.9 Å². The number of carbonyl (C=O) groups is 1. The van der Waals surface area contributed by atoms with Gasteiger partial charge in [0.2, 0.25) is 0 Å². The molecule has 0 bridgehead atoms. The summed E-state index contributed by atoms with van der Waals surface area (Å²) in [6.07, 6.45) is 0.480. The van der Waals surface area contributed by atoms with Crippen molar-refractivity contribution >= 4 is 27.7 Å². The molecule has 0 spiro atoms. The highest BCUT2D eigenvalue weighted by Crippen LogP contribution is 2.20. The number of nitrogens with one attached hydrogen (secondary N) is 1. The van der Waals surface area contributed by atoms with Crippen molar-refractivity contribution in [3.8, 4) is 0 Å². The Morgan fingerprint density at radius 3 is 2.69 bits per heavy atom. The zero-order valence-electron chi connectivity index (χ0n) is 8.71. The quantitative estimate of drug-likeness (QED) is 0.813. The molecule has 0 aliphatic carbocycles. The van der Waals surface area contributed by atoms with Crippen LogP contribution < -0.4 is 5.56 Å². The lowest BCUT2D eigenvalue weighted by Crippen LogP contribution is -2.16. The van der Waals surface area contributed by atoms with E-state index in [2.05, 4.69) is 4.98 Å². The molecule has 3 nitrogen and oxygen atoms in total. The van der Waals surface area contributed by atoms with Gasteiger partial charge in [-0.25, -0.2) is 0 Å². The summed E-state index contributed by atoms with van der Waals surface area (Å²) in [6.45, 7) is 1.82. The molecular weight excluding hydrogens is 226 g/mol. The summed E-state index contributed by atoms with van der Waals surface area (Å²) in [5.41, 5.74) is 1.15. The summed E-state index contributed by atoms with van der Waals surface area (Å²) >= 11 is 5.55. The Morgan fingerprint density at radius 1 is 1.38 bits per heavy atom. The minimum atomic E-state index is -0.584. The number of hydrogen-bond donors (Lipinski definition) is 1. The van der Waals surface area contributed by atoms with Crippen LogP contribution >= 0.6 is 11.6 Å². The SMILES string of the molecule is CCc1c(C(=O)Cl)c2ccccc2[nH]c1=O. The second kappa shape index (κ2) is 4.10. The summed E-state index contributed by atoms with van der Waals surface area (Å²) in [5, 5.41) is 0.109. The Morgan fingerprint density at radius 2 is 2.06 bits per heavy atom. The molecule has 2 rings (SSSR count). The highest BCUT2D eigenvalue weighted by atomic mass is 35.5. The van der Waals surface area contributed by atoms with Crippen LogP contribution in [0, 0.1) is 0 Å². The van der Waals surface area contributed by atoms with Crippen molar-refractivity contribution in [1.29, 1.82) is 0 Å². The molecule has 4 heteroatoms. The Bertz CT molecular complexity index is 616. The Hall–Kier alpha value is -1.61. The van der Waals surface area contributed by atoms with Crippen LogP contribution in [0.5, 0.6) is 0 Å². The molecule has 0 aliphatic rings. The first kappa shape index (κ1) is 10.9. The van der Waals surface area contributed by atoms with E-state index in [4.69, 9.17) is 11.6 Å². The second-order valence-corrected chi connectivity index (χ2v) is 3.82. The van der Waals surface area contributed by atoms with Gasteiger partial charge >= 0.3 is 0 Å². The molecule has 0 atom stereocenters. The summed E-state index contributed by atoms with van der Waals surface area (Å²) in [7, 11) is 0. The fraction of sp³-hybridized carbons (Fsp3) is 0.167. The van der Waals surface area contributed by atoms with Gasteiger partial charge in [0, 0.05) is 16.5 Å². The minimum Gasteiger partial charge on any atom is -0.322 e. The number of rotatable bonds is 2. The number of hydrogen-bond acceptors (Lipinski definition) is 2. The van der Waals surface area contributed by atoms with Gasteiger partial charge in [0.15, 0.2) is 0 Å². The summed E-state index contributed by atoms with van der Waals surface area (Å²) in [5.74, 6) is 0. The highest BCUT2D eigenvalue weighted by Gasteiger charge is 2.15. The maximum Gasteiger partial charge on any atom is 0.253 e. The van der Waals surface area contributed by atoms with Crippen LogP contribution in [0.15, 0.2) is 29.1 Å². The molecule has 1 N–H and O–H groups in total. The Kier molecular flexibility index (Phi) is 2.79. The minimum absolute atomic E-state index is 0.245. The first-order valence-electron chi connectivity index (χ1n) is 4.99. The predicted molar refractivity (Wildman–Crippen MR) is 64.1 cm³/mol. The largest absolute Gasteiger partial charge is 0.322 e. The number of carbonyl (C=O) groups excluding carboxylic acids is 1. The highest BCUT2D eigenvalue weighted by molar-refractivity contribution is 6.68. The van der Waals surface area contributed by atoms with Crippen molar-refractivity contribution in [3.05, 3.63) is 45.7 Å². The normalized spacial score (nSPS) is 10.6. The first-order chi connectivity index (χ1) is 7.65. The van der Waals surface area contributed by atoms with Crippen LogP contribution in [0.25, 0.3) is 10.9 Å². The third-order valence-corrected chi connectivity index (χ3v) is 2.76. The fourth-order valence-corrected chi connectivity index (χ4v) is 2.06. The third-order valence-electron chi connectivity index (χ3n) is 2.57. The van der Waals surface area contributed by atoms with E-state index in [9.17, 15) is 9.59 Å². The molecule has 0 aliphatic heterocycles. The van der Waals surface area contributed by atoms with Gasteiger partial charge in [-0.1, -0.05) is 25.1 Å². The summed E-state index contributed by atoms with van der Waals surface area (Å²) in [6, 6.07) is 7.13. The van der Waals surface area contributed by atoms with E-state index in [-0.39, 0.29) is 5.56 Å². The van der Waals surface area contributed by atoms with Crippen LogP contribution in [0.1, 0.15) is 22.8 Å². The molecule has 0 saturated carbocycles. The van der Waals surface area contributed by atoms with Gasteiger partial charge in [0.05, 0.1) is 5.56 Å². The van der Waals surface area contributed by atoms with Gasteiger partial charge in [0.1, 0.15) is 0 Å². The number of pyridine rings is 1. The fourth-order valence-electron chi connectivity index (χ4n) is 1.85. The monoisotopic (exact) mass is 235 g/mol. The molecule has 2 aromatic rings. The molecule has 0 radical (unpaired) electrons. The van der Waals surface area contributed by atoms with E-state index in [1.165, 1.54) is 0 Å². The van der Waals surface area contributed by atoms with E-state index >= 15 is 0 Å². The number of H-pyrrole nitrogens is 1. The van der Waals surface area contributed by atoms with Crippen molar-refractivity contribution < 1.29 is 4.79 Å². The van der Waals surface area contributed by atoms with Crippen molar-refractivity contribution in [2.75, 3.05) is 0 Å². The summed E-state index contributed by atoms with van der Waals surface area (Å²) < 4.78 is 0. The molecule has 82 valence electrons. The molecule has 0 saturated heterocycles. The molecular formula is C12H10ClNO2. The number of para-hydroxylation sites is 1. The number of benzene rings is 1. The van der Waals surface area contributed by atoms with Gasteiger partial charge in [-0.05, 0) is 24.1 Å². The van der Waals surface area contributed by atoms with E-state index in [0.717, 1.165) is 0 Å². The van der Waals surface area contributed by atoms with Crippen LogP contribution in [0.3, 0.4) is 0 Å². The van der Waals surface area contributed by atoms with Gasteiger partial charge in [-0.2, -0.15) is 0 Å². The average molecular weight is 236 g/mol. The number of aromatic amines is 1. The summed E-state index contributed by atoms with van der Waals surface area (Å²) in [4.78, 5) is 25.9. The van der Waals surface area contributed by atoms with Crippen LogP contribution in [-0.2, 0) is 6.42 Å². The standard InChI is InChI=1S/C12H10ClNO2/c1-2-7-10(11(13)15)8-5-3-4-6-9(8)14-12(7)16/h3-6H,2H2,1H3,(H,14,16). The smallest absolute Gasteiger partial charge is 0.253 e. The molecule has 1 heterocycles. The first-order valence-corrected chi connectivity index (χ1v) is 5.36. The predicted octanol–water partition coefficient (Wildman–Crippen LogP) is 2.47. The van der Waals surface area contributed by atoms with E-state index in [0.29, 0.717) is 28.5 Å². The molecule has 1 aromatic heterocycles. The van der Waals surface area contributed by atoms with Crippen molar-refractivity contribution in [2.24, 2.45) is 0 Å². The van der Waals surface area contributed by atoms with E-state index < -0.39 is 5.24 Å². The van der Waals surface area contributed by atoms with Gasteiger partial charge in [0.25, 0.3) is 10.8 Å². The lowest BCUT2D eigenvalue weighted by molar-refractivity contribution is 0.108. The van der Waals surface area contributed by atoms with Crippen molar-refractivity contribution in [2.45, 2.75) is 13.3 Å². The second-order valence-electron chi connectivity index (χ2n) is 3.48. The number of fused-ring (bicyclic) bond motifs is 1. The lowest BCUT2D eigenvalue weighted by atomic mass is 10.0. The van der Waals surface area contributed by atoms with Gasteiger partial charge in [-0.15, -0.1) is 0 Å². The Labute approximate surface area is 97.1 Å². The zero-order valence-corrected chi connectivity index (χ0v) is 9.47. The molecule has 16 heavy (non-hydrogen) atoms. The van der Waals surface area contributed by atoms with Gasteiger partial charge < -0.3 is 4.98 Å². The lowest BCUT2D eigenvalue weighted by Gasteiger charge is -2.06.